The average molecular weight is 206 g/mol. The molecule has 0 aliphatic rings. The average Bonchev–Trinajstić information content (AvgIpc) is 2.59. The Morgan fingerprint density at radius 2 is 2.27 bits per heavy atom. The molecular weight excluding hydrogens is 196 g/mol. The van der Waals surface area contributed by atoms with Crippen LogP contribution in [0.15, 0.2) is 18.6 Å². The van der Waals surface area contributed by atoms with Gasteiger partial charge in [0.25, 0.3) is 0 Å². The number of anilines is 1. The lowest BCUT2D eigenvalue weighted by Crippen LogP contribution is -2.24. The molecule has 0 spiro atoms. The number of fused-ring (bicyclic) bond motifs is 1. The summed E-state index contributed by atoms with van der Waals surface area (Å²) in [6.45, 7) is 0. The fourth-order valence-corrected chi connectivity index (χ4v) is 1.30. The lowest BCUT2D eigenvalue weighted by Gasteiger charge is -2.11. The Bertz CT molecular complexity index is 520. The molecular formula is C9H10N4O2. The predicted molar refractivity (Wildman–Crippen MR) is 54.9 cm³/mol. The van der Waals surface area contributed by atoms with Crippen LogP contribution in [0.5, 0.6) is 0 Å². The molecule has 6 heteroatoms. The summed E-state index contributed by atoms with van der Waals surface area (Å²) in [5, 5.41) is 8.79. The van der Waals surface area contributed by atoms with Crippen LogP contribution in [0.2, 0.25) is 0 Å². The van der Waals surface area contributed by atoms with Crippen molar-refractivity contribution in [3.05, 3.63) is 18.6 Å². The van der Waals surface area contributed by atoms with Crippen LogP contribution in [0.1, 0.15) is 0 Å². The van der Waals surface area contributed by atoms with Gasteiger partial charge in [0.15, 0.2) is 0 Å². The van der Waals surface area contributed by atoms with E-state index >= 15 is 0 Å². The minimum atomic E-state index is -1.04. The van der Waals surface area contributed by atoms with Crippen molar-refractivity contribution in [2.45, 2.75) is 0 Å². The van der Waals surface area contributed by atoms with Gasteiger partial charge in [0.2, 0.25) is 0 Å². The molecule has 2 rings (SSSR count). The van der Waals surface area contributed by atoms with Gasteiger partial charge in [-0.1, -0.05) is 0 Å². The fourth-order valence-electron chi connectivity index (χ4n) is 1.30. The lowest BCUT2D eigenvalue weighted by molar-refractivity contribution is 0.203. The van der Waals surface area contributed by atoms with Crippen LogP contribution in [-0.2, 0) is 7.05 Å². The molecule has 78 valence electrons. The van der Waals surface area contributed by atoms with E-state index in [1.807, 2.05) is 11.6 Å². The summed E-state index contributed by atoms with van der Waals surface area (Å²) < 4.78 is 1.82. The topological polar surface area (TPSA) is 71.2 Å². The summed E-state index contributed by atoms with van der Waals surface area (Å²) in [6.07, 6.45) is 2.19. The van der Waals surface area contributed by atoms with Gasteiger partial charge in [-0.25, -0.2) is 14.8 Å². The second kappa shape index (κ2) is 3.23. The molecule has 0 aliphatic heterocycles. The van der Waals surface area contributed by atoms with Crippen molar-refractivity contribution < 1.29 is 9.90 Å². The van der Waals surface area contributed by atoms with Crippen molar-refractivity contribution in [2.75, 3.05) is 11.9 Å². The standard InChI is InChI=1S/C9H10N4O2/c1-12-5-11-6-4-10-8(3-7(6)12)13(2)9(14)15/h3-5H,1-2H3,(H,14,15). The number of carboxylic acid groups (broad SMARTS) is 1. The first-order chi connectivity index (χ1) is 7.09. The summed E-state index contributed by atoms with van der Waals surface area (Å²) in [5.41, 5.74) is 1.60. The van der Waals surface area contributed by atoms with Gasteiger partial charge in [-0.2, -0.15) is 0 Å². The number of amides is 1. The van der Waals surface area contributed by atoms with Crippen LogP contribution in [0, 0.1) is 0 Å². The summed E-state index contributed by atoms with van der Waals surface area (Å²) in [7, 11) is 3.30. The first kappa shape index (κ1) is 9.45. The van der Waals surface area contributed by atoms with Crippen LogP contribution in [0.4, 0.5) is 10.6 Å². The van der Waals surface area contributed by atoms with E-state index in [1.54, 1.807) is 18.6 Å². The maximum absolute atomic E-state index is 10.7. The third-order valence-electron chi connectivity index (χ3n) is 2.23. The molecule has 0 aromatic carbocycles. The fraction of sp³-hybridized carbons (Fsp3) is 0.222. The molecule has 0 fully saturated rings. The third-order valence-corrected chi connectivity index (χ3v) is 2.23. The zero-order chi connectivity index (χ0) is 11.0. The molecule has 0 radical (unpaired) electrons. The van der Waals surface area contributed by atoms with Crippen molar-refractivity contribution >= 4 is 22.9 Å². The molecule has 0 atom stereocenters. The quantitative estimate of drug-likeness (QED) is 0.757. The Labute approximate surface area is 85.8 Å². The van der Waals surface area contributed by atoms with Crippen molar-refractivity contribution in [3.8, 4) is 0 Å². The van der Waals surface area contributed by atoms with Gasteiger partial charge in [0, 0.05) is 20.2 Å². The minimum absolute atomic E-state index is 0.388. The zero-order valence-corrected chi connectivity index (χ0v) is 8.38. The maximum atomic E-state index is 10.7. The van der Waals surface area contributed by atoms with Gasteiger partial charge in [-0.05, 0) is 0 Å². The molecule has 0 saturated heterocycles. The molecule has 2 heterocycles. The second-order valence-corrected chi connectivity index (χ2v) is 3.23. The van der Waals surface area contributed by atoms with Gasteiger partial charge in [-0.15, -0.1) is 0 Å². The molecule has 15 heavy (non-hydrogen) atoms. The van der Waals surface area contributed by atoms with Crippen LogP contribution >= 0.6 is 0 Å². The highest BCUT2D eigenvalue weighted by Crippen LogP contribution is 2.16. The number of nitrogens with zero attached hydrogens (tertiary/aromatic N) is 4. The van der Waals surface area contributed by atoms with E-state index in [-0.39, 0.29) is 0 Å². The SMILES string of the molecule is CN(C(=O)O)c1cc2c(cn1)ncn2C. The Kier molecular flexibility index (Phi) is 2.03. The van der Waals surface area contributed by atoms with Crippen LogP contribution in [-0.4, -0.2) is 32.8 Å². The summed E-state index contributed by atoms with van der Waals surface area (Å²) in [5.74, 6) is 0.388. The van der Waals surface area contributed by atoms with E-state index in [1.165, 1.54) is 7.05 Å². The zero-order valence-electron chi connectivity index (χ0n) is 8.38. The van der Waals surface area contributed by atoms with E-state index < -0.39 is 6.09 Å². The van der Waals surface area contributed by atoms with Gasteiger partial charge in [0.05, 0.1) is 18.0 Å². The normalized spacial score (nSPS) is 10.5. The molecule has 2 aromatic rings. The Morgan fingerprint density at radius 3 is 2.93 bits per heavy atom. The van der Waals surface area contributed by atoms with Crippen molar-refractivity contribution in [1.29, 1.82) is 0 Å². The Hall–Kier alpha value is -2.11. The smallest absolute Gasteiger partial charge is 0.412 e. The van der Waals surface area contributed by atoms with E-state index in [0.29, 0.717) is 5.82 Å². The van der Waals surface area contributed by atoms with Crippen LogP contribution < -0.4 is 4.90 Å². The number of rotatable bonds is 1. The summed E-state index contributed by atoms with van der Waals surface area (Å²) >= 11 is 0. The molecule has 1 amide bonds. The van der Waals surface area contributed by atoms with Crippen LogP contribution in [0.25, 0.3) is 11.0 Å². The number of imidazole rings is 1. The Balaban J connectivity index is 2.54. The number of hydrogen-bond acceptors (Lipinski definition) is 3. The van der Waals surface area contributed by atoms with E-state index in [0.717, 1.165) is 15.9 Å². The molecule has 0 saturated carbocycles. The van der Waals surface area contributed by atoms with Gasteiger partial charge in [-0.3, -0.25) is 4.90 Å². The van der Waals surface area contributed by atoms with E-state index in [2.05, 4.69) is 9.97 Å². The van der Waals surface area contributed by atoms with E-state index in [9.17, 15) is 4.79 Å². The molecule has 0 unspecified atom stereocenters. The van der Waals surface area contributed by atoms with Gasteiger partial charge >= 0.3 is 6.09 Å². The lowest BCUT2D eigenvalue weighted by atomic mass is 10.4. The first-order valence-electron chi connectivity index (χ1n) is 4.33. The molecule has 0 bridgehead atoms. The highest BCUT2D eigenvalue weighted by molar-refractivity contribution is 5.87. The highest BCUT2D eigenvalue weighted by Gasteiger charge is 2.11. The molecule has 0 aliphatic carbocycles. The monoisotopic (exact) mass is 206 g/mol. The summed E-state index contributed by atoms with van der Waals surface area (Å²) in [4.78, 5) is 19.9. The molecule has 1 N–H and O–H groups in total. The largest absolute Gasteiger partial charge is 0.465 e. The van der Waals surface area contributed by atoms with Gasteiger partial charge in [0.1, 0.15) is 11.3 Å². The van der Waals surface area contributed by atoms with Crippen LogP contribution in [0.3, 0.4) is 0 Å². The molecule has 6 nitrogen and oxygen atoms in total. The van der Waals surface area contributed by atoms with Crippen molar-refractivity contribution in [3.63, 3.8) is 0 Å². The number of aryl methyl sites for hydroxylation is 1. The van der Waals surface area contributed by atoms with Crippen molar-refractivity contribution in [1.82, 2.24) is 14.5 Å². The van der Waals surface area contributed by atoms with Gasteiger partial charge < -0.3 is 9.67 Å². The highest BCUT2D eigenvalue weighted by atomic mass is 16.4. The number of pyridine rings is 1. The maximum Gasteiger partial charge on any atom is 0.412 e. The summed E-state index contributed by atoms with van der Waals surface area (Å²) in [6, 6.07) is 1.69. The number of hydrogen-bond donors (Lipinski definition) is 1. The second-order valence-electron chi connectivity index (χ2n) is 3.23. The molecule has 2 aromatic heterocycles. The predicted octanol–water partition coefficient (Wildman–Crippen LogP) is 1.08. The van der Waals surface area contributed by atoms with E-state index in [4.69, 9.17) is 5.11 Å². The minimum Gasteiger partial charge on any atom is -0.465 e. The third kappa shape index (κ3) is 1.50. The van der Waals surface area contributed by atoms with Crippen molar-refractivity contribution in [2.24, 2.45) is 7.05 Å². The number of aromatic nitrogens is 3. The first-order valence-corrected chi connectivity index (χ1v) is 4.33. The Morgan fingerprint density at radius 1 is 1.53 bits per heavy atom. The number of carbonyl (C=O) groups is 1.